The summed E-state index contributed by atoms with van der Waals surface area (Å²) in [7, 11) is 1.33. The van der Waals surface area contributed by atoms with Crippen molar-refractivity contribution >= 4 is 12.1 Å². The van der Waals surface area contributed by atoms with Gasteiger partial charge in [0.15, 0.2) is 11.5 Å². The molecule has 0 saturated carbocycles. The van der Waals surface area contributed by atoms with E-state index in [0.29, 0.717) is 16.9 Å². The Morgan fingerprint density at radius 3 is 2.74 bits per heavy atom. The summed E-state index contributed by atoms with van der Waals surface area (Å²) >= 11 is 0. The molecule has 1 aromatic carbocycles. The largest absolute Gasteiger partial charge is 0.493 e. The van der Waals surface area contributed by atoms with Crippen LogP contribution in [0.1, 0.15) is 21.7 Å². The summed E-state index contributed by atoms with van der Waals surface area (Å²) in [5.41, 5.74) is 3.25. The van der Waals surface area contributed by atoms with Gasteiger partial charge in [-0.15, -0.1) is 0 Å². The zero-order valence-electron chi connectivity index (χ0n) is 12.4. The first-order valence-corrected chi connectivity index (χ1v) is 6.51. The van der Waals surface area contributed by atoms with Gasteiger partial charge in [-0.05, 0) is 36.8 Å². The number of methoxy groups -OCH3 is 1. The number of carbonyl (C=O) groups is 1. The Morgan fingerprint density at radius 2 is 2.13 bits per heavy atom. The molecule has 23 heavy (non-hydrogen) atoms. The van der Waals surface area contributed by atoms with Crippen molar-refractivity contribution in [1.82, 2.24) is 5.43 Å². The van der Waals surface area contributed by atoms with Crippen molar-refractivity contribution in [2.45, 2.75) is 13.5 Å². The molecular formula is C15H14F2N2O4. The minimum absolute atomic E-state index is 0.0855. The van der Waals surface area contributed by atoms with Gasteiger partial charge in [0.25, 0.3) is 5.91 Å². The number of amides is 1. The van der Waals surface area contributed by atoms with Crippen LogP contribution in [-0.4, -0.2) is 25.8 Å². The van der Waals surface area contributed by atoms with Crippen LogP contribution in [-0.2, 0) is 0 Å². The highest BCUT2D eigenvalue weighted by molar-refractivity contribution is 5.95. The van der Waals surface area contributed by atoms with Crippen LogP contribution in [0.2, 0.25) is 0 Å². The Hall–Kier alpha value is -2.90. The monoisotopic (exact) mass is 324 g/mol. The number of nitrogens with zero attached hydrogens (tertiary/aromatic N) is 1. The molecular weight excluding hydrogens is 310 g/mol. The first-order chi connectivity index (χ1) is 11.0. The van der Waals surface area contributed by atoms with Crippen molar-refractivity contribution < 1.29 is 27.5 Å². The second kappa shape index (κ2) is 7.39. The lowest BCUT2D eigenvalue weighted by Crippen LogP contribution is -2.17. The fourth-order valence-electron chi connectivity index (χ4n) is 1.80. The lowest BCUT2D eigenvalue weighted by atomic mass is 10.2. The molecule has 122 valence electrons. The fraction of sp³-hybridized carbons (Fsp3) is 0.200. The first kappa shape index (κ1) is 16.5. The first-order valence-electron chi connectivity index (χ1n) is 6.51. The van der Waals surface area contributed by atoms with Crippen molar-refractivity contribution in [3.63, 3.8) is 0 Å². The van der Waals surface area contributed by atoms with Gasteiger partial charge in [-0.3, -0.25) is 4.79 Å². The third-order valence-corrected chi connectivity index (χ3v) is 2.89. The zero-order chi connectivity index (χ0) is 16.8. The maximum Gasteiger partial charge on any atom is 0.387 e. The van der Waals surface area contributed by atoms with E-state index in [-0.39, 0.29) is 11.5 Å². The molecule has 0 atom stereocenters. The maximum absolute atomic E-state index is 12.2. The van der Waals surface area contributed by atoms with Crippen LogP contribution < -0.4 is 14.9 Å². The number of rotatable bonds is 6. The SMILES string of the molecule is COc1cc(/C=N/NC(=O)c2ccoc2C)ccc1OC(F)F. The van der Waals surface area contributed by atoms with Gasteiger partial charge in [-0.25, -0.2) is 5.43 Å². The third-order valence-electron chi connectivity index (χ3n) is 2.89. The van der Waals surface area contributed by atoms with Gasteiger partial charge >= 0.3 is 6.61 Å². The summed E-state index contributed by atoms with van der Waals surface area (Å²) < 4.78 is 38.8. The number of hydrazone groups is 1. The number of ether oxygens (including phenoxy) is 2. The molecule has 0 radical (unpaired) electrons. The summed E-state index contributed by atoms with van der Waals surface area (Å²) in [6.45, 7) is -1.29. The molecule has 0 aliphatic carbocycles. The second-order valence-corrected chi connectivity index (χ2v) is 4.38. The molecule has 1 heterocycles. The van der Waals surface area contributed by atoms with Gasteiger partial charge in [0.2, 0.25) is 0 Å². The van der Waals surface area contributed by atoms with Gasteiger partial charge in [-0.2, -0.15) is 13.9 Å². The smallest absolute Gasteiger partial charge is 0.387 e. The van der Waals surface area contributed by atoms with Crippen LogP contribution in [0.3, 0.4) is 0 Å². The van der Waals surface area contributed by atoms with Gasteiger partial charge in [-0.1, -0.05) is 0 Å². The molecule has 0 aliphatic rings. The quantitative estimate of drug-likeness (QED) is 0.655. The Kier molecular flexibility index (Phi) is 5.29. The third kappa shape index (κ3) is 4.29. The summed E-state index contributed by atoms with van der Waals surface area (Å²) in [5.74, 6) is 0.106. The van der Waals surface area contributed by atoms with Crippen LogP contribution in [0, 0.1) is 6.92 Å². The van der Waals surface area contributed by atoms with Crippen molar-refractivity contribution in [1.29, 1.82) is 0 Å². The molecule has 2 aromatic rings. The Balaban J connectivity index is 2.05. The molecule has 0 bridgehead atoms. The van der Waals surface area contributed by atoms with E-state index in [1.807, 2.05) is 0 Å². The molecule has 0 spiro atoms. The fourth-order valence-corrected chi connectivity index (χ4v) is 1.80. The number of hydrogen-bond donors (Lipinski definition) is 1. The molecule has 8 heteroatoms. The number of furan rings is 1. The highest BCUT2D eigenvalue weighted by Gasteiger charge is 2.11. The highest BCUT2D eigenvalue weighted by Crippen LogP contribution is 2.28. The summed E-state index contributed by atoms with van der Waals surface area (Å²) in [6, 6.07) is 5.81. The van der Waals surface area contributed by atoms with Crippen LogP contribution in [0.15, 0.2) is 40.0 Å². The lowest BCUT2D eigenvalue weighted by molar-refractivity contribution is -0.0512. The molecule has 0 unspecified atom stereocenters. The number of hydrogen-bond acceptors (Lipinski definition) is 5. The Bertz CT molecular complexity index is 713. The van der Waals surface area contributed by atoms with Crippen molar-refractivity contribution in [2.75, 3.05) is 7.11 Å². The molecule has 0 saturated heterocycles. The van der Waals surface area contributed by atoms with E-state index >= 15 is 0 Å². The van der Waals surface area contributed by atoms with E-state index in [9.17, 15) is 13.6 Å². The maximum atomic E-state index is 12.2. The average molecular weight is 324 g/mol. The number of halogens is 2. The molecule has 1 amide bonds. The minimum Gasteiger partial charge on any atom is -0.493 e. The molecule has 0 fully saturated rings. The van der Waals surface area contributed by atoms with E-state index in [1.165, 1.54) is 43.9 Å². The molecule has 1 aromatic heterocycles. The molecule has 0 aliphatic heterocycles. The summed E-state index contributed by atoms with van der Waals surface area (Å²) in [6.07, 6.45) is 2.75. The standard InChI is InChI=1S/C15H14F2N2O4/c1-9-11(5-6-22-9)14(20)19-18-8-10-3-4-12(23-15(16)17)13(7-10)21-2/h3-8,15H,1-2H3,(H,19,20)/b18-8+. The summed E-state index contributed by atoms with van der Waals surface area (Å²) in [5, 5.41) is 3.79. The zero-order valence-corrected chi connectivity index (χ0v) is 12.4. The number of benzene rings is 1. The van der Waals surface area contributed by atoms with Crippen molar-refractivity contribution in [3.05, 3.63) is 47.4 Å². The van der Waals surface area contributed by atoms with E-state index in [2.05, 4.69) is 15.3 Å². The van der Waals surface area contributed by atoms with Crippen LogP contribution in [0.5, 0.6) is 11.5 Å². The second-order valence-electron chi connectivity index (χ2n) is 4.38. The Labute approximate surface area is 130 Å². The summed E-state index contributed by atoms with van der Waals surface area (Å²) in [4.78, 5) is 11.8. The number of aryl methyl sites for hydroxylation is 1. The number of nitrogens with one attached hydrogen (secondary N) is 1. The van der Waals surface area contributed by atoms with Crippen molar-refractivity contribution in [2.24, 2.45) is 5.10 Å². The number of alkyl halides is 2. The molecule has 6 nitrogen and oxygen atoms in total. The topological polar surface area (TPSA) is 73.1 Å². The van der Waals surface area contributed by atoms with Crippen LogP contribution in [0.4, 0.5) is 8.78 Å². The van der Waals surface area contributed by atoms with Gasteiger partial charge in [0, 0.05) is 0 Å². The number of carbonyl (C=O) groups excluding carboxylic acids is 1. The molecule has 1 N–H and O–H groups in total. The van der Waals surface area contributed by atoms with Gasteiger partial charge < -0.3 is 13.9 Å². The lowest BCUT2D eigenvalue weighted by Gasteiger charge is -2.09. The van der Waals surface area contributed by atoms with Gasteiger partial charge in [0.05, 0.1) is 25.2 Å². The minimum atomic E-state index is -2.94. The van der Waals surface area contributed by atoms with E-state index in [0.717, 1.165) is 0 Å². The van der Waals surface area contributed by atoms with E-state index in [1.54, 1.807) is 6.92 Å². The molecule has 2 rings (SSSR count). The average Bonchev–Trinajstić information content (AvgIpc) is 2.94. The van der Waals surface area contributed by atoms with E-state index < -0.39 is 12.5 Å². The van der Waals surface area contributed by atoms with E-state index in [4.69, 9.17) is 9.15 Å². The van der Waals surface area contributed by atoms with Crippen molar-refractivity contribution in [3.8, 4) is 11.5 Å². The van der Waals surface area contributed by atoms with Crippen LogP contribution in [0.25, 0.3) is 0 Å². The van der Waals surface area contributed by atoms with Crippen LogP contribution >= 0.6 is 0 Å². The predicted octanol–water partition coefficient (Wildman–Crippen LogP) is 2.96. The Morgan fingerprint density at radius 1 is 1.35 bits per heavy atom. The highest BCUT2D eigenvalue weighted by atomic mass is 19.3. The van der Waals surface area contributed by atoms with Gasteiger partial charge in [0.1, 0.15) is 5.76 Å². The normalized spacial score (nSPS) is 11.0. The predicted molar refractivity (Wildman–Crippen MR) is 78.1 cm³/mol.